The lowest BCUT2D eigenvalue weighted by atomic mass is 10.3. The molecule has 0 saturated heterocycles. The van der Waals surface area contributed by atoms with Gasteiger partial charge in [0.25, 0.3) is 11.5 Å². The van der Waals surface area contributed by atoms with Gasteiger partial charge in [-0.1, -0.05) is 12.1 Å². The Labute approximate surface area is 127 Å². The molecule has 2 unspecified atom stereocenters. The van der Waals surface area contributed by atoms with E-state index in [0.29, 0.717) is 11.0 Å². The minimum Gasteiger partial charge on any atom is -0.391 e. The Morgan fingerprint density at radius 2 is 2.14 bits per heavy atom. The molecule has 1 amide bonds. The predicted octanol–water partition coefficient (Wildman–Crippen LogP) is 0.439. The van der Waals surface area contributed by atoms with Crippen LogP contribution in [0.25, 0.3) is 11.0 Å². The van der Waals surface area contributed by atoms with Gasteiger partial charge >= 0.3 is 0 Å². The van der Waals surface area contributed by atoms with Crippen molar-refractivity contribution in [2.24, 2.45) is 0 Å². The molecule has 0 spiro atoms. The third-order valence-corrected chi connectivity index (χ3v) is 2.99. The van der Waals surface area contributed by atoms with Gasteiger partial charge in [0.1, 0.15) is 0 Å². The van der Waals surface area contributed by atoms with E-state index in [0.717, 1.165) is 0 Å². The number of aliphatic hydroxyl groups excluding tert-OH is 1. The molecular formula is C15H19N3O4. The van der Waals surface area contributed by atoms with E-state index in [9.17, 15) is 9.59 Å². The van der Waals surface area contributed by atoms with Crippen LogP contribution < -0.4 is 10.9 Å². The minimum absolute atomic E-state index is 0.179. The van der Waals surface area contributed by atoms with Gasteiger partial charge in [0.2, 0.25) is 0 Å². The van der Waals surface area contributed by atoms with Gasteiger partial charge in [0.05, 0.1) is 29.8 Å². The average molecular weight is 305 g/mol. The number of ether oxygens (including phenoxy) is 1. The second kappa shape index (κ2) is 7.15. The highest BCUT2D eigenvalue weighted by molar-refractivity contribution is 5.93. The molecule has 0 saturated carbocycles. The van der Waals surface area contributed by atoms with Crippen LogP contribution in [-0.4, -0.2) is 46.3 Å². The standard InChI is InChI=1S/C15H19N3O4/c1-9(19)8-22-10(2)7-16-14(20)13-15(21)18-12-6-4-3-5-11(12)17-13/h3-6,9-10,19H,7-8H2,1-2H3,(H,16,20)(H,18,21). The van der Waals surface area contributed by atoms with Crippen molar-refractivity contribution in [3.05, 3.63) is 40.3 Å². The normalized spacial score (nSPS) is 13.8. The highest BCUT2D eigenvalue weighted by Gasteiger charge is 2.15. The van der Waals surface area contributed by atoms with Crippen LogP contribution in [0.15, 0.2) is 29.1 Å². The van der Waals surface area contributed by atoms with E-state index in [1.807, 2.05) is 0 Å². The first-order chi connectivity index (χ1) is 10.5. The van der Waals surface area contributed by atoms with E-state index >= 15 is 0 Å². The molecule has 0 radical (unpaired) electrons. The van der Waals surface area contributed by atoms with E-state index in [-0.39, 0.29) is 24.9 Å². The molecule has 0 fully saturated rings. The van der Waals surface area contributed by atoms with Gasteiger partial charge in [-0.3, -0.25) is 9.59 Å². The highest BCUT2D eigenvalue weighted by atomic mass is 16.5. The van der Waals surface area contributed by atoms with Gasteiger partial charge in [-0.2, -0.15) is 0 Å². The number of carbonyl (C=O) groups is 1. The lowest BCUT2D eigenvalue weighted by Gasteiger charge is -2.14. The quantitative estimate of drug-likeness (QED) is 0.718. The van der Waals surface area contributed by atoms with Gasteiger partial charge in [-0.15, -0.1) is 0 Å². The number of aromatic amines is 1. The Morgan fingerprint density at radius 1 is 1.41 bits per heavy atom. The summed E-state index contributed by atoms with van der Waals surface area (Å²) in [6.45, 7) is 3.79. The van der Waals surface area contributed by atoms with Crippen LogP contribution in [0.1, 0.15) is 24.3 Å². The van der Waals surface area contributed by atoms with Gasteiger partial charge in [0, 0.05) is 6.54 Å². The van der Waals surface area contributed by atoms with Crippen LogP contribution in [-0.2, 0) is 4.74 Å². The summed E-state index contributed by atoms with van der Waals surface area (Å²) in [5.74, 6) is -0.556. The highest BCUT2D eigenvalue weighted by Crippen LogP contribution is 2.05. The summed E-state index contributed by atoms with van der Waals surface area (Å²) in [7, 11) is 0. The van der Waals surface area contributed by atoms with Crippen molar-refractivity contribution in [2.45, 2.75) is 26.1 Å². The van der Waals surface area contributed by atoms with E-state index in [4.69, 9.17) is 9.84 Å². The number of rotatable bonds is 6. The molecule has 22 heavy (non-hydrogen) atoms. The van der Waals surface area contributed by atoms with Gasteiger partial charge < -0.3 is 20.1 Å². The Morgan fingerprint density at radius 3 is 2.86 bits per heavy atom. The predicted molar refractivity (Wildman–Crippen MR) is 81.8 cm³/mol. The maximum Gasteiger partial charge on any atom is 0.280 e. The molecule has 2 aromatic rings. The fourth-order valence-corrected chi connectivity index (χ4v) is 1.87. The first-order valence-corrected chi connectivity index (χ1v) is 7.04. The number of aromatic nitrogens is 2. The van der Waals surface area contributed by atoms with Gasteiger partial charge in [-0.25, -0.2) is 4.98 Å². The molecule has 7 heteroatoms. The lowest BCUT2D eigenvalue weighted by molar-refractivity contribution is 0.00626. The Hall–Kier alpha value is -2.25. The van der Waals surface area contributed by atoms with Gasteiger partial charge in [-0.05, 0) is 26.0 Å². The number of aliphatic hydroxyl groups is 1. The summed E-state index contributed by atoms with van der Waals surface area (Å²) in [4.78, 5) is 30.7. The Kier molecular flexibility index (Phi) is 5.24. The number of hydrogen-bond acceptors (Lipinski definition) is 5. The van der Waals surface area contributed by atoms with Crippen molar-refractivity contribution in [2.75, 3.05) is 13.2 Å². The average Bonchev–Trinajstić information content (AvgIpc) is 2.49. The molecule has 0 aliphatic carbocycles. The zero-order chi connectivity index (χ0) is 16.1. The fraction of sp³-hybridized carbons (Fsp3) is 0.400. The molecule has 1 heterocycles. The number of nitrogens with zero attached hydrogens (tertiary/aromatic N) is 1. The molecule has 2 atom stereocenters. The first kappa shape index (κ1) is 16.1. The van der Waals surface area contributed by atoms with Crippen LogP contribution in [0.2, 0.25) is 0 Å². The number of hydrogen-bond donors (Lipinski definition) is 3. The van der Waals surface area contributed by atoms with E-state index in [1.54, 1.807) is 38.1 Å². The summed E-state index contributed by atoms with van der Waals surface area (Å²) in [5, 5.41) is 11.7. The largest absolute Gasteiger partial charge is 0.391 e. The maximum atomic E-state index is 12.1. The van der Waals surface area contributed by atoms with Crippen LogP contribution in [0.5, 0.6) is 0 Å². The van der Waals surface area contributed by atoms with E-state index < -0.39 is 17.6 Å². The van der Waals surface area contributed by atoms with E-state index in [1.165, 1.54) is 0 Å². The molecule has 1 aromatic carbocycles. The molecule has 118 valence electrons. The molecular weight excluding hydrogens is 286 g/mol. The number of benzene rings is 1. The number of amides is 1. The molecule has 7 nitrogen and oxygen atoms in total. The summed E-state index contributed by atoms with van der Waals surface area (Å²) in [6, 6.07) is 7.00. The third-order valence-electron chi connectivity index (χ3n) is 2.99. The van der Waals surface area contributed by atoms with Crippen LogP contribution >= 0.6 is 0 Å². The summed E-state index contributed by atoms with van der Waals surface area (Å²) in [6.07, 6.45) is -0.846. The molecule has 3 N–H and O–H groups in total. The number of para-hydroxylation sites is 2. The SMILES string of the molecule is CC(O)COC(C)CNC(=O)c1nc2ccccc2[nH]c1=O. The van der Waals surface area contributed by atoms with E-state index in [2.05, 4.69) is 15.3 Å². The third kappa shape index (κ3) is 4.12. The molecule has 2 rings (SSSR count). The van der Waals surface area contributed by atoms with Crippen molar-refractivity contribution < 1.29 is 14.6 Å². The van der Waals surface area contributed by atoms with Crippen LogP contribution in [0.4, 0.5) is 0 Å². The topological polar surface area (TPSA) is 104 Å². The van der Waals surface area contributed by atoms with Crippen molar-refractivity contribution in [3.8, 4) is 0 Å². The van der Waals surface area contributed by atoms with Crippen molar-refractivity contribution >= 4 is 16.9 Å². The number of H-pyrrole nitrogens is 1. The molecule has 0 aliphatic rings. The number of nitrogens with one attached hydrogen (secondary N) is 2. The maximum absolute atomic E-state index is 12.1. The molecule has 0 bridgehead atoms. The van der Waals surface area contributed by atoms with Crippen molar-refractivity contribution in [1.29, 1.82) is 0 Å². The zero-order valence-corrected chi connectivity index (χ0v) is 12.5. The second-order valence-corrected chi connectivity index (χ2v) is 5.13. The zero-order valence-electron chi connectivity index (χ0n) is 12.5. The Balaban J connectivity index is 2.03. The Bertz CT molecular complexity index is 711. The molecule has 0 aliphatic heterocycles. The van der Waals surface area contributed by atoms with Crippen molar-refractivity contribution in [3.63, 3.8) is 0 Å². The summed E-state index contributed by atoms with van der Waals surface area (Å²) < 4.78 is 5.32. The summed E-state index contributed by atoms with van der Waals surface area (Å²) >= 11 is 0. The van der Waals surface area contributed by atoms with Crippen LogP contribution in [0.3, 0.4) is 0 Å². The summed E-state index contributed by atoms with van der Waals surface area (Å²) in [5.41, 5.74) is 0.415. The number of carbonyl (C=O) groups excluding carboxylic acids is 1. The second-order valence-electron chi connectivity index (χ2n) is 5.13. The lowest BCUT2D eigenvalue weighted by Crippen LogP contribution is -2.36. The monoisotopic (exact) mass is 305 g/mol. The van der Waals surface area contributed by atoms with Crippen molar-refractivity contribution in [1.82, 2.24) is 15.3 Å². The number of fused-ring (bicyclic) bond motifs is 1. The smallest absolute Gasteiger partial charge is 0.280 e. The minimum atomic E-state index is -0.567. The fourth-order valence-electron chi connectivity index (χ4n) is 1.87. The first-order valence-electron chi connectivity index (χ1n) is 7.04. The van der Waals surface area contributed by atoms with Gasteiger partial charge in [0.15, 0.2) is 5.69 Å². The van der Waals surface area contributed by atoms with Crippen LogP contribution in [0, 0.1) is 0 Å². The molecule has 1 aromatic heterocycles.